The first kappa shape index (κ1) is 22.1. The Bertz CT molecular complexity index is 1130. The Labute approximate surface area is 189 Å². The molecule has 4 rings (SSSR count). The molecule has 3 heterocycles. The maximum Gasteiger partial charge on any atom is 0.254 e. The number of carbonyl (C=O) groups excluding carboxylic acids is 2. The fraction of sp³-hybridized carbons (Fsp3) is 0.333. The maximum absolute atomic E-state index is 13.3. The summed E-state index contributed by atoms with van der Waals surface area (Å²) in [5.74, 6) is -1.36. The Morgan fingerprint density at radius 1 is 1.06 bits per heavy atom. The van der Waals surface area contributed by atoms with Gasteiger partial charge in [0.2, 0.25) is 15.9 Å². The van der Waals surface area contributed by atoms with Gasteiger partial charge in [-0.2, -0.15) is 0 Å². The zero-order valence-electron chi connectivity index (χ0n) is 18.4. The van der Waals surface area contributed by atoms with Crippen molar-refractivity contribution in [3.05, 3.63) is 83.9 Å². The number of hydrogen-bond donors (Lipinski definition) is 0. The molecule has 1 fully saturated rings. The molecular weight excluding hydrogens is 426 g/mol. The van der Waals surface area contributed by atoms with E-state index in [2.05, 4.69) is 0 Å². The van der Waals surface area contributed by atoms with Gasteiger partial charge in [-0.1, -0.05) is 38.1 Å². The SMILES string of the molecule is CC(C)[C@H]1C(=O)N(S(C)(=O)=O)C2=CCN(C(=O)c3ccc(CN4C=CC=CC=C4)cc3)[C@@H]21. The van der Waals surface area contributed by atoms with Crippen molar-refractivity contribution in [3.63, 3.8) is 0 Å². The lowest BCUT2D eigenvalue weighted by molar-refractivity contribution is -0.128. The molecule has 8 heteroatoms. The molecule has 0 aromatic heterocycles. The van der Waals surface area contributed by atoms with Crippen LogP contribution in [0.25, 0.3) is 0 Å². The summed E-state index contributed by atoms with van der Waals surface area (Å²) >= 11 is 0. The molecule has 0 unspecified atom stereocenters. The summed E-state index contributed by atoms with van der Waals surface area (Å²) in [6.45, 7) is 4.71. The molecule has 32 heavy (non-hydrogen) atoms. The van der Waals surface area contributed by atoms with Crippen molar-refractivity contribution in [2.75, 3.05) is 12.8 Å². The number of fused-ring (bicyclic) bond motifs is 1. The Kier molecular flexibility index (Phi) is 5.81. The molecule has 1 saturated heterocycles. The number of nitrogens with zero attached hydrogens (tertiary/aromatic N) is 3. The van der Waals surface area contributed by atoms with Crippen molar-refractivity contribution < 1.29 is 18.0 Å². The van der Waals surface area contributed by atoms with Crippen LogP contribution in [-0.2, 0) is 21.4 Å². The quantitative estimate of drug-likeness (QED) is 0.685. The first-order chi connectivity index (χ1) is 15.2. The van der Waals surface area contributed by atoms with E-state index < -0.39 is 27.9 Å². The minimum Gasteiger partial charge on any atom is -0.350 e. The van der Waals surface area contributed by atoms with Crippen molar-refractivity contribution in [1.82, 2.24) is 14.1 Å². The molecular formula is C24H27N3O4S. The topological polar surface area (TPSA) is 78.0 Å². The van der Waals surface area contributed by atoms with E-state index in [4.69, 9.17) is 0 Å². The molecule has 168 valence electrons. The number of rotatable bonds is 5. The highest BCUT2D eigenvalue weighted by molar-refractivity contribution is 7.89. The van der Waals surface area contributed by atoms with E-state index in [1.165, 1.54) is 0 Å². The van der Waals surface area contributed by atoms with E-state index in [-0.39, 0.29) is 18.4 Å². The van der Waals surface area contributed by atoms with Crippen LogP contribution in [0.3, 0.4) is 0 Å². The van der Waals surface area contributed by atoms with E-state index in [0.717, 1.165) is 16.1 Å². The van der Waals surface area contributed by atoms with Gasteiger partial charge < -0.3 is 9.80 Å². The van der Waals surface area contributed by atoms with Gasteiger partial charge in [0.05, 0.1) is 23.9 Å². The van der Waals surface area contributed by atoms with Gasteiger partial charge in [0.25, 0.3) is 5.91 Å². The van der Waals surface area contributed by atoms with E-state index >= 15 is 0 Å². The molecule has 0 aliphatic carbocycles. The number of amides is 2. The predicted octanol–water partition coefficient (Wildman–Crippen LogP) is 2.87. The molecule has 0 N–H and O–H groups in total. The van der Waals surface area contributed by atoms with Gasteiger partial charge in [-0.25, -0.2) is 12.7 Å². The van der Waals surface area contributed by atoms with E-state index in [9.17, 15) is 18.0 Å². The van der Waals surface area contributed by atoms with Crippen LogP contribution >= 0.6 is 0 Å². The summed E-state index contributed by atoms with van der Waals surface area (Å²) in [4.78, 5) is 29.9. The van der Waals surface area contributed by atoms with Crippen molar-refractivity contribution in [1.29, 1.82) is 0 Å². The lowest BCUT2D eigenvalue weighted by atomic mass is 9.89. The van der Waals surface area contributed by atoms with Crippen LogP contribution < -0.4 is 0 Å². The molecule has 3 aliphatic heterocycles. The molecule has 3 aliphatic rings. The van der Waals surface area contributed by atoms with Crippen LogP contribution in [0.2, 0.25) is 0 Å². The highest BCUT2D eigenvalue weighted by Crippen LogP contribution is 2.41. The van der Waals surface area contributed by atoms with Crippen molar-refractivity contribution in [3.8, 4) is 0 Å². The molecule has 7 nitrogen and oxygen atoms in total. The highest BCUT2D eigenvalue weighted by atomic mass is 32.2. The zero-order valence-corrected chi connectivity index (χ0v) is 19.2. The third kappa shape index (κ3) is 4.02. The molecule has 0 saturated carbocycles. The van der Waals surface area contributed by atoms with Crippen LogP contribution in [-0.4, -0.2) is 53.2 Å². The highest BCUT2D eigenvalue weighted by Gasteiger charge is 2.54. The Morgan fingerprint density at radius 2 is 1.69 bits per heavy atom. The lowest BCUT2D eigenvalue weighted by Gasteiger charge is -2.29. The average molecular weight is 454 g/mol. The summed E-state index contributed by atoms with van der Waals surface area (Å²) in [7, 11) is -3.75. The average Bonchev–Trinajstić information content (AvgIpc) is 3.13. The molecule has 2 atom stereocenters. The van der Waals surface area contributed by atoms with Crippen LogP contribution in [0.4, 0.5) is 0 Å². The van der Waals surface area contributed by atoms with Gasteiger partial charge in [-0.05, 0) is 41.8 Å². The number of benzene rings is 1. The summed E-state index contributed by atoms with van der Waals surface area (Å²) in [5.41, 5.74) is 1.96. The minimum atomic E-state index is -3.75. The fourth-order valence-electron chi connectivity index (χ4n) is 4.51. The molecule has 1 aromatic carbocycles. The molecule has 0 bridgehead atoms. The monoisotopic (exact) mass is 453 g/mol. The number of carbonyl (C=O) groups is 2. The number of hydrogen-bond acceptors (Lipinski definition) is 5. The van der Waals surface area contributed by atoms with Crippen LogP contribution in [0.15, 0.2) is 72.7 Å². The van der Waals surface area contributed by atoms with Gasteiger partial charge >= 0.3 is 0 Å². The number of allylic oxidation sites excluding steroid dienone is 4. The molecule has 2 amide bonds. The van der Waals surface area contributed by atoms with Gasteiger partial charge in [-0.3, -0.25) is 9.59 Å². The second-order valence-electron chi connectivity index (χ2n) is 8.60. The van der Waals surface area contributed by atoms with Crippen molar-refractivity contribution in [2.24, 2.45) is 11.8 Å². The van der Waals surface area contributed by atoms with E-state index in [1.54, 1.807) is 23.1 Å². The van der Waals surface area contributed by atoms with Crippen LogP contribution in [0.5, 0.6) is 0 Å². The first-order valence-electron chi connectivity index (χ1n) is 10.6. The maximum atomic E-state index is 13.3. The van der Waals surface area contributed by atoms with Gasteiger partial charge in [0, 0.05) is 31.1 Å². The Hall–Kier alpha value is -3.13. The summed E-state index contributed by atoms with van der Waals surface area (Å²) < 4.78 is 25.4. The lowest BCUT2D eigenvalue weighted by Crippen LogP contribution is -2.42. The smallest absolute Gasteiger partial charge is 0.254 e. The molecule has 0 radical (unpaired) electrons. The largest absolute Gasteiger partial charge is 0.350 e. The first-order valence-corrected chi connectivity index (χ1v) is 12.4. The second-order valence-corrected chi connectivity index (χ2v) is 10.4. The Morgan fingerprint density at radius 3 is 2.25 bits per heavy atom. The summed E-state index contributed by atoms with van der Waals surface area (Å²) in [5, 5.41) is 0. The number of sulfonamides is 1. The standard InChI is InChI=1S/C24H27N3O4S/c1-17(2)21-22-20(27(24(21)29)32(3,30)31)12-15-26(22)23(28)19-10-8-18(9-11-19)16-25-13-6-4-5-7-14-25/h4-14,17,21-22H,15-16H2,1-3H3/t21-,22+/m1/s1. The zero-order chi connectivity index (χ0) is 23.0. The van der Waals surface area contributed by atoms with Crippen LogP contribution in [0.1, 0.15) is 29.8 Å². The van der Waals surface area contributed by atoms with Gasteiger partial charge in [0.15, 0.2) is 0 Å². The molecule has 1 aromatic rings. The van der Waals surface area contributed by atoms with Gasteiger partial charge in [-0.15, -0.1) is 0 Å². The third-order valence-electron chi connectivity index (χ3n) is 5.96. The van der Waals surface area contributed by atoms with Crippen molar-refractivity contribution in [2.45, 2.75) is 26.4 Å². The molecule has 0 spiro atoms. The third-order valence-corrected chi connectivity index (χ3v) is 7.02. The van der Waals surface area contributed by atoms with Crippen LogP contribution in [0, 0.1) is 11.8 Å². The predicted molar refractivity (Wildman–Crippen MR) is 122 cm³/mol. The van der Waals surface area contributed by atoms with Crippen molar-refractivity contribution >= 4 is 21.8 Å². The van der Waals surface area contributed by atoms with E-state index in [1.807, 2.05) is 67.6 Å². The summed E-state index contributed by atoms with van der Waals surface area (Å²) in [6.07, 6.45) is 14.5. The second kappa shape index (κ2) is 8.43. The summed E-state index contributed by atoms with van der Waals surface area (Å²) in [6, 6.07) is 6.84. The van der Waals surface area contributed by atoms with Gasteiger partial charge in [0.1, 0.15) is 0 Å². The normalized spacial score (nSPS) is 22.6. The minimum absolute atomic E-state index is 0.109. The van der Waals surface area contributed by atoms with E-state index in [0.29, 0.717) is 17.8 Å². The Balaban J connectivity index is 1.54. The fourth-order valence-corrected chi connectivity index (χ4v) is 5.53.